The smallest absolute Gasteiger partial charge is 0.246 e. The van der Waals surface area contributed by atoms with E-state index in [1.807, 2.05) is 88.4 Å². The van der Waals surface area contributed by atoms with Gasteiger partial charge in [0.1, 0.15) is 18.1 Å². The number of nitrogens with zero attached hydrogens (tertiary/aromatic N) is 2. The maximum Gasteiger partial charge on any atom is 0.246 e. The van der Waals surface area contributed by atoms with E-state index >= 15 is 0 Å². The van der Waals surface area contributed by atoms with E-state index in [2.05, 4.69) is 35.1 Å². The molecule has 374 valence electrons. The summed E-state index contributed by atoms with van der Waals surface area (Å²) in [6.45, 7) is 15.2. The number of hydrogen-bond donors (Lipinski definition) is 4. The topological polar surface area (TPSA) is 175 Å². The second-order valence-electron chi connectivity index (χ2n) is 20.5. The highest BCUT2D eigenvalue weighted by molar-refractivity contribution is 8.00. The van der Waals surface area contributed by atoms with Crippen molar-refractivity contribution in [3.8, 4) is 0 Å². The van der Waals surface area contributed by atoms with Gasteiger partial charge >= 0.3 is 0 Å². The second kappa shape index (κ2) is 24.2. The molecule has 0 unspecified atom stereocenters. The van der Waals surface area contributed by atoms with Crippen molar-refractivity contribution in [2.24, 2.45) is 16.7 Å². The van der Waals surface area contributed by atoms with E-state index in [4.69, 9.17) is 9.47 Å². The quantitative estimate of drug-likeness (QED) is 0.0989. The van der Waals surface area contributed by atoms with Crippen molar-refractivity contribution in [3.63, 3.8) is 0 Å². The molecule has 68 heavy (non-hydrogen) atoms. The molecule has 4 heterocycles. The van der Waals surface area contributed by atoms with Crippen LogP contribution >= 0.6 is 23.5 Å². The fourth-order valence-corrected chi connectivity index (χ4v) is 13.2. The number of likely N-dealkylation sites (N-methyl/N-ethyl adjacent to an activating group) is 1. The molecule has 10 atom stereocenters. The fraction of sp³-hybridized carbons (Fsp3) is 0.654. The third-order valence-electron chi connectivity index (χ3n) is 14.3. The van der Waals surface area contributed by atoms with E-state index < -0.39 is 47.1 Å². The molecule has 0 aromatic heterocycles. The van der Waals surface area contributed by atoms with Gasteiger partial charge in [0.05, 0.1) is 42.1 Å². The number of thioether (sulfide) groups is 2. The molecule has 4 aliphatic heterocycles. The van der Waals surface area contributed by atoms with Gasteiger partial charge in [-0.2, -0.15) is 0 Å². The molecule has 0 saturated carbocycles. The number of carbonyl (C=O) groups is 6. The summed E-state index contributed by atoms with van der Waals surface area (Å²) >= 11 is 3.37. The zero-order valence-corrected chi connectivity index (χ0v) is 43.1. The van der Waals surface area contributed by atoms with Crippen molar-refractivity contribution in [1.82, 2.24) is 31.1 Å². The number of hydrogen-bond acceptors (Lipinski definition) is 11. The van der Waals surface area contributed by atoms with Gasteiger partial charge in [0, 0.05) is 31.5 Å². The van der Waals surface area contributed by atoms with Gasteiger partial charge < -0.3 is 40.5 Å². The molecule has 6 rings (SSSR count). The summed E-state index contributed by atoms with van der Waals surface area (Å²) < 4.78 is 12.5. The Hall–Kier alpha value is -3.96. The number of nitrogens with one attached hydrogen (secondary N) is 4. The number of unbranched alkanes of at least 4 members (excludes halogenated alkanes) is 1. The Morgan fingerprint density at radius 2 is 1.22 bits per heavy atom. The van der Waals surface area contributed by atoms with E-state index in [-0.39, 0.29) is 70.9 Å². The molecule has 0 bridgehead atoms. The van der Waals surface area contributed by atoms with Crippen LogP contribution in [0.5, 0.6) is 0 Å². The van der Waals surface area contributed by atoms with E-state index in [0.29, 0.717) is 69.9 Å². The normalized spacial score (nSPS) is 26.1. The zero-order valence-electron chi connectivity index (χ0n) is 41.4. The van der Waals surface area contributed by atoms with Gasteiger partial charge in [0.15, 0.2) is 5.78 Å². The third-order valence-corrected chi connectivity index (χ3v) is 16.8. The summed E-state index contributed by atoms with van der Waals surface area (Å²) in [7, 11) is 1.71. The summed E-state index contributed by atoms with van der Waals surface area (Å²) in [6, 6.07) is 16.0. The number of rotatable bonds is 22. The first-order valence-corrected chi connectivity index (χ1v) is 26.8. The molecule has 16 heteroatoms. The first-order chi connectivity index (χ1) is 32.5. The van der Waals surface area contributed by atoms with Crippen molar-refractivity contribution >= 4 is 58.8 Å². The van der Waals surface area contributed by atoms with Crippen molar-refractivity contribution < 1.29 is 38.2 Å². The van der Waals surface area contributed by atoms with E-state index in [0.717, 1.165) is 17.5 Å². The first kappa shape index (κ1) is 53.4. The Morgan fingerprint density at radius 3 is 1.76 bits per heavy atom. The third kappa shape index (κ3) is 13.1. The molecule has 4 saturated heterocycles. The molecule has 2 aromatic carbocycles. The predicted octanol–water partition coefficient (Wildman–Crippen LogP) is 6.20. The lowest BCUT2D eigenvalue weighted by Crippen LogP contribution is -2.57. The van der Waals surface area contributed by atoms with Gasteiger partial charge in [0.2, 0.25) is 29.5 Å². The standard InChI is InChI=1S/C52H76N6O8S2/c1-9-33(2)46(60)54-38-22-26-68-43-30-52(6,7)45(58(43)50(38)64)48(62)56-40(36-20-14-11-15-21-36)32-66-25-17-16-24-65-31-37(35-18-12-10-13-19-35)28-41(59)44-51(4,5)29-42-57(44)49(63)39(23-27-67-42)55-47(61)34(3)53-8/h10-15,18-21,33-34,37-40,42-45,53H,9,16-17,22-32H2,1-8H3,(H,54,60)(H,55,61)(H,56,62)/t33-,34+,37-,38+,39+,40-,42+,43+,44-,45-/m1/s1. The van der Waals surface area contributed by atoms with Crippen LogP contribution in [0.15, 0.2) is 60.7 Å². The molecular formula is C52H76N6O8S2. The molecule has 2 aromatic rings. The molecule has 14 nitrogen and oxygen atoms in total. The average molecular weight is 977 g/mol. The van der Waals surface area contributed by atoms with Crippen LogP contribution in [-0.2, 0) is 38.2 Å². The summed E-state index contributed by atoms with van der Waals surface area (Å²) in [5.74, 6) is -0.0133. The number of amides is 5. The minimum atomic E-state index is -0.719. The van der Waals surface area contributed by atoms with Crippen molar-refractivity contribution in [2.45, 2.75) is 153 Å². The van der Waals surface area contributed by atoms with Crippen LogP contribution < -0.4 is 21.3 Å². The maximum atomic E-state index is 14.5. The molecule has 0 spiro atoms. The van der Waals surface area contributed by atoms with Crippen LogP contribution in [-0.4, -0.2) is 131 Å². The fourth-order valence-electron chi connectivity index (χ4n) is 10.1. The lowest BCUT2D eigenvalue weighted by Gasteiger charge is -2.35. The molecule has 4 aliphatic rings. The highest BCUT2D eigenvalue weighted by Crippen LogP contribution is 2.48. The summed E-state index contributed by atoms with van der Waals surface area (Å²) in [5.41, 5.74) is 0.952. The van der Waals surface area contributed by atoms with E-state index in [9.17, 15) is 28.8 Å². The predicted molar refractivity (Wildman–Crippen MR) is 269 cm³/mol. The maximum absolute atomic E-state index is 14.5. The number of ether oxygens (including phenoxy) is 2. The van der Waals surface area contributed by atoms with Crippen LogP contribution in [0, 0.1) is 16.7 Å². The Kier molecular flexibility index (Phi) is 19.0. The van der Waals surface area contributed by atoms with Gasteiger partial charge in [-0.1, -0.05) is 102 Å². The van der Waals surface area contributed by atoms with Crippen molar-refractivity contribution in [1.29, 1.82) is 0 Å². The molecule has 0 radical (unpaired) electrons. The number of carbonyl (C=O) groups excluding carboxylic acids is 6. The largest absolute Gasteiger partial charge is 0.381 e. The van der Waals surface area contributed by atoms with Crippen LogP contribution in [0.4, 0.5) is 0 Å². The number of Topliss-reactive ketones (excluding diaryl/α,β-unsaturated/α-hetero) is 1. The molecule has 4 fully saturated rings. The lowest BCUT2D eigenvalue weighted by atomic mass is 9.79. The average Bonchev–Trinajstić information content (AvgIpc) is 3.64. The molecule has 4 N–H and O–H groups in total. The zero-order chi connectivity index (χ0) is 49.2. The van der Waals surface area contributed by atoms with E-state index in [1.54, 1.807) is 47.3 Å². The Morgan fingerprint density at radius 1 is 0.721 bits per heavy atom. The molecule has 5 amide bonds. The summed E-state index contributed by atoms with van der Waals surface area (Å²) in [4.78, 5) is 86.5. The van der Waals surface area contributed by atoms with Gasteiger partial charge in [-0.05, 0) is 92.4 Å². The van der Waals surface area contributed by atoms with Crippen LogP contribution in [0.2, 0.25) is 0 Å². The lowest BCUT2D eigenvalue weighted by molar-refractivity contribution is -0.144. The molecule has 0 aliphatic carbocycles. The van der Waals surface area contributed by atoms with Gasteiger partial charge in [-0.3, -0.25) is 28.8 Å². The number of fused-ring (bicyclic) bond motifs is 2. The SMILES string of the molecule is CC[C@@H](C)C(=O)N[C@H]1CCS[C@H]2CC(C)(C)[C@@H](C(=O)N[C@H](COCCCCOC[C@@H](CC(=O)[C@H]3N4C(=O)[C@@H](NC(=O)[C@H](C)NC)CCS[C@H]4CC3(C)C)c3ccccc3)c3ccccc3)N2C1=O. The molecular weight excluding hydrogens is 901 g/mol. The second-order valence-corrected chi connectivity index (χ2v) is 23.0. The van der Waals surface area contributed by atoms with Gasteiger partial charge in [-0.25, -0.2) is 0 Å². The Balaban J connectivity index is 1.03. The van der Waals surface area contributed by atoms with Crippen LogP contribution in [0.25, 0.3) is 0 Å². The van der Waals surface area contributed by atoms with Crippen molar-refractivity contribution in [2.75, 3.05) is 45.0 Å². The van der Waals surface area contributed by atoms with Gasteiger partial charge in [-0.15, -0.1) is 23.5 Å². The Bertz CT molecular complexity index is 1900. The van der Waals surface area contributed by atoms with E-state index in [1.165, 1.54) is 0 Å². The number of ketones is 1. The summed E-state index contributed by atoms with van der Waals surface area (Å²) in [5, 5.41) is 11.8. The minimum absolute atomic E-state index is 0.00377. The Labute approximate surface area is 412 Å². The highest BCUT2D eigenvalue weighted by Gasteiger charge is 2.56. The number of benzene rings is 2. The van der Waals surface area contributed by atoms with Gasteiger partial charge in [0.25, 0.3) is 0 Å². The van der Waals surface area contributed by atoms with Crippen molar-refractivity contribution in [3.05, 3.63) is 71.8 Å². The van der Waals surface area contributed by atoms with Crippen LogP contribution in [0.1, 0.15) is 123 Å². The monoisotopic (exact) mass is 977 g/mol. The summed E-state index contributed by atoms with van der Waals surface area (Å²) in [6.07, 6.45) is 4.71. The van der Waals surface area contributed by atoms with Crippen LogP contribution in [0.3, 0.4) is 0 Å². The highest BCUT2D eigenvalue weighted by atomic mass is 32.2. The first-order valence-electron chi connectivity index (χ1n) is 24.7. The minimum Gasteiger partial charge on any atom is -0.381 e.